The molecule has 0 bridgehead atoms. The highest BCUT2D eigenvalue weighted by atomic mass is 16.4. The molecule has 1 aromatic carbocycles. The highest BCUT2D eigenvalue weighted by Gasteiger charge is 2.19. The number of unbranched alkanes of at least 4 members (excludes halogenated alkanes) is 12. The topological polar surface area (TPSA) is 66.4 Å². The van der Waals surface area contributed by atoms with Crippen LogP contribution in [0.25, 0.3) is 0 Å². The summed E-state index contributed by atoms with van der Waals surface area (Å²) in [6.07, 6.45) is 16.9. The fraction of sp³-hybridized carbons (Fsp3) is 0.667. The summed E-state index contributed by atoms with van der Waals surface area (Å²) in [6, 6.07) is 7.96. The molecule has 28 heavy (non-hydrogen) atoms. The molecule has 1 unspecified atom stereocenters. The van der Waals surface area contributed by atoms with E-state index in [0.29, 0.717) is 12.0 Å². The number of hydrogen-bond acceptors (Lipinski definition) is 2. The van der Waals surface area contributed by atoms with Gasteiger partial charge in [0, 0.05) is 5.56 Å². The van der Waals surface area contributed by atoms with E-state index in [9.17, 15) is 14.7 Å². The molecule has 0 aliphatic carbocycles. The van der Waals surface area contributed by atoms with Crippen LogP contribution in [0.5, 0.6) is 0 Å². The number of carboxylic acid groups (broad SMARTS) is 1. The molecule has 4 heteroatoms. The second-order valence-electron chi connectivity index (χ2n) is 7.76. The zero-order chi connectivity index (χ0) is 20.5. The second-order valence-corrected chi connectivity index (χ2v) is 7.76. The number of nitrogens with one attached hydrogen (secondary N) is 1. The first-order valence-corrected chi connectivity index (χ1v) is 11.2. The van der Waals surface area contributed by atoms with Crippen LogP contribution in [0.4, 0.5) is 0 Å². The smallest absolute Gasteiger partial charge is 0.326 e. The SMILES string of the molecule is CCCCCCCCCCCCCCCC(NC(=O)c1ccccc1)C(=O)O. The van der Waals surface area contributed by atoms with Crippen LogP contribution in [-0.2, 0) is 4.79 Å². The molecule has 1 rings (SSSR count). The van der Waals surface area contributed by atoms with Crippen molar-refractivity contribution in [3.8, 4) is 0 Å². The summed E-state index contributed by atoms with van der Waals surface area (Å²) in [7, 11) is 0. The Bertz CT molecular complexity index is 530. The average molecular weight is 390 g/mol. The Morgan fingerprint density at radius 3 is 1.71 bits per heavy atom. The van der Waals surface area contributed by atoms with Gasteiger partial charge in [0.1, 0.15) is 6.04 Å². The van der Waals surface area contributed by atoms with Gasteiger partial charge in [-0.15, -0.1) is 0 Å². The zero-order valence-corrected chi connectivity index (χ0v) is 17.6. The zero-order valence-electron chi connectivity index (χ0n) is 17.6. The van der Waals surface area contributed by atoms with Crippen molar-refractivity contribution in [2.24, 2.45) is 0 Å². The fourth-order valence-electron chi connectivity index (χ4n) is 3.45. The largest absolute Gasteiger partial charge is 0.480 e. The van der Waals surface area contributed by atoms with Gasteiger partial charge >= 0.3 is 5.97 Å². The first-order chi connectivity index (χ1) is 13.6. The standard InChI is InChI=1S/C24H39NO3/c1-2-3-4-5-6-7-8-9-10-11-12-13-17-20-22(24(27)28)25-23(26)21-18-15-14-16-19-21/h14-16,18-19,22H,2-13,17,20H2,1H3,(H,25,26)(H,27,28). The predicted molar refractivity (Wildman–Crippen MR) is 116 cm³/mol. The maximum atomic E-state index is 12.1. The van der Waals surface area contributed by atoms with Crippen molar-refractivity contribution in [1.29, 1.82) is 0 Å². The minimum absolute atomic E-state index is 0.317. The summed E-state index contributed by atoms with van der Waals surface area (Å²) in [5, 5.41) is 12.0. The van der Waals surface area contributed by atoms with Gasteiger partial charge in [-0.1, -0.05) is 109 Å². The van der Waals surface area contributed by atoms with Crippen molar-refractivity contribution >= 4 is 11.9 Å². The molecule has 0 radical (unpaired) electrons. The Morgan fingerprint density at radius 2 is 1.25 bits per heavy atom. The molecule has 1 amide bonds. The Hall–Kier alpha value is -1.84. The molecule has 0 aromatic heterocycles. The van der Waals surface area contributed by atoms with Gasteiger partial charge < -0.3 is 10.4 Å². The molecule has 2 N–H and O–H groups in total. The normalized spacial score (nSPS) is 11.9. The lowest BCUT2D eigenvalue weighted by atomic mass is 10.0. The number of benzene rings is 1. The first kappa shape index (κ1) is 24.2. The van der Waals surface area contributed by atoms with Gasteiger partial charge in [-0.05, 0) is 18.6 Å². The molecule has 158 valence electrons. The minimum Gasteiger partial charge on any atom is -0.480 e. The van der Waals surface area contributed by atoms with Gasteiger partial charge in [0.2, 0.25) is 0 Å². The van der Waals surface area contributed by atoms with Gasteiger partial charge in [-0.2, -0.15) is 0 Å². The highest BCUT2D eigenvalue weighted by Crippen LogP contribution is 2.13. The van der Waals surface area contributed by atoms with E-state index >= 15 is 0 Å². The average Bonchev–Trinajstić information content (AvgIpc) is 2.70. The van der Waals surface area contributed by atoms with Crippen LogP contribution < -0.4 is 5.32 Å². The molecule has 1 aromatic rings. The summed E-state index contributed by atoms with van der Waals surface area (Å²) < 4.78 is 0. The molecule has 0 aliphatic rings. The summed E-state index contributed by atoms with van der Waals surface area (Å²) in [5.41, 5.74) is 0.499. The third-order valence-electron chi connectivity index (χ3n) is 5.24. The number of aliphatic carboxylic acids is 1. The fourth-order valence-corrected chi connectivity index (χ4v) is 3.45. The van der Waals surface area contributed by atoms with Crippen LogP contribution in [0.2, 0.25) is 0 Å². The van der Waals surface area contributed by atoms with Crippen LogP contribution in [0.3, 0.4) is 0 Å². The Balaban J connectivity index is 2.03. The van der Waals surface area contributed by atoms with Crippen molar-refractivity contribution in [2.75, 3.05) is 0 Å². The van der Waals surface area contributed by atoms with Crippen molar-refractivity contribution in [2.45, 2.75) is 103 Å². The molecule has 0 saturated carbocycles. The summed E-state index contributed by atoms with van der Waals surface area (Å²) in [6.45, 7) is 2.25. The van der Waals surface area contributed by atoms with Crippen LogP contribution in [0.15, 0.2) is 30.3 Å². The van der Waals surface area contributed by atoms with Crippen LogP contribution in [-0.4, -0.2) is 23.0 Å². The van der Waals surface area contributed by atoms with Crippen molar-refractivity contribution < 1.29 is 14.7 Å². The molecular weight excluding hydrogens is 350 g/mol. The van der Waals surface area contributed by atoms with Crippen molar-refractivity contribution in [3.63, 3.8) is 0 Å². The summed E-state index contributed by atoms with van der Waals surface area (Å²) >= 11 is 0. The number of carbonyl (C=O) groups is 2. The predicted octanol–water partition coefficient (Wildman–Crippen LogP) is 6.35. The monoisotopic (exact) mass is 389 g/mol. The van der Waals surface area contributed by atoms with E-state index in [1.807, 2.05) is 6.07 Å². The number of hydrogen-bond donors (Lipinski definition) is 2. The van der Waals surface area contributed by atoms with E-state index in [1.54, 1.807) is 24.3 Å². The van der Waals surface area contributed by atoms with Crippen LogP contribution in [0.1, 0.15) is 107 Å². The van der Waals surface area contributed by atoms with Gasteiger partial charge in [-0.3, -0.25) is 4.79 Å². The van der Waals surface area contributed by atoms with Gasteiger partial charge in [0.05, 0.1) is 0 Å². The Labute approximate surface area is 171 Å². The molecule has 0 saturated heterocycles. The van der Waals surface area contributed by atoms with Gasteiger partial charge in [-0.25, -0.2) is 4.79 Å². The van der Waals surface area contributed by atoms with E-state index in [4.69, 9.17) is 0 Å². The first-order valence-electron chi connectivity index (χ1n) is 11.2. The maximum Gasteiger partial charge on any atom is 0.326 e. The van der Waals surface area contributed by atoms with Crippen molar-refractivity contribution in [3.05, 3.63) is 35.9 Å². The van der Waals surface area contributed by atoms with E-state index in [1.165, 1.54) is 64.2 Å². The Kier molecular flexibility index (Phi) is 14.0. The number of carboxylic acids is 1. The second kappa shape index (κ2) is 16.1. The molecule has 0 spiro atoms. The molecule has 0 heterocycles. The summed E-state index contributed by atoms with van der Waals surface area (Å²) in [4.78, 5) is 23.5. The molecule has 0 fully saturated rings. The summed E-state index contributed by atoms with van der Waals surface area (Å²) in [5.74, 6) is -1.27. The van der Waals surface area contributed by atoms with E-state index in [0.717, 1.165) is 19.3 Å². The molecule has 4 nitrogen and oxygen atoms in total. The lowest BCUT2D eigenvalue weighted by molar-refractivity contribution is -0.139. The third kappa shape index (κ3) is 11.8. The van der Waals surface area contributed by atoms with Crippen LogP contribution in [0, 0.1) is 0 Å². The van der Waals surface area contributed by atoms with Crippen LogP contribution >= 0.6 is 0 Å². The third-order valence-corrected chi connectivity index (χ3v) is 5.24. The molecule has 1 atom stereocenters. The number of carbonyl (C=O) groups excluding carboxylic acids is 1. The number of amides is 1. The highest BCUT2D eigenvalue weighted by molar-refractivity contribution is 5.96. The maximum absolute atomic E-state index is 12.1. The Morgan fingerprint density at radius 1 is 0.786 bits per heavy atom. The number of rotatable bonds is 17. The quantitative estimate of drug-likeness (QED) is 0.305. The lowest BCUT2D eigenvalue weighted by Crippen LogP contribution is -2.40. The van der Waals surface area contributed by atoms with Crippen molar-refractivity contribution in [1.82, 2.24) is 5.32 Å². The van der Waals surface area contributed by atoms with Gasteiger partial charge in [0.25, 0.3) is 5.91 Å². The van der Waals surface area contributed by atoms with Gasteiger partial charge in [0.15, 0.2) is 0 Å². The molecular formula is C24H39NO3. The van der Waals surface area contributed by atoms with E-state index in [-0.39, 0.29) is 5.91 Å². The molecule has 0 aliphatic heterocycles. The van der Waals surface area contributed by atoms with E-state index < -0.39 is 12.0 Å². The minimum atomic E-state index is -0.955. The van der Waals surface area contributed by atoms with E-state index in [2.05, 4.69) is 12.2 Å². The lowest BCUT2D eigenvalue weighted by Gasteiger charge is -2.14.